The van der Waals surface area contributed by atoms with Crippen molar-refractivity contribution in [1.29, 1.82) is 0 Å². The predicted molar refractivity (Wildman–Crippen MR) is 73.5 cm³/mol. The third kappa shape index (κ3) is 3.62. The molecule has 0 spiro atoms. The minimum atomic E-state index is -0.793. The van der Waals surface area contributed by atoms with E-state index < -0.39 is 11.9 Å². The number of methoxy groups -OCH3 is 1. The number of rotatable bonds is 3. The molecule has 0 aromatic carbocycles. The fraction of sp³-hybridized carbons (Fsp3) is 0.857. The Morgan fingerprint density at radius 2 is 1.80 bits per heavy atom. The van der Waals surface area contributed by atoms with E-state index in [9.17, 15) is 9.59 Å². The summed E-state index contributed by atoms with van der Waals surface area (Å²) < 4.78 is 5.17. The number of carbonyl (C=O) groups excluding carboxylic acids is 1. The van der Waals surface area contributed by atoms with E-state index in [1.165, 1.54) is 0 Å². The number of hydrogen-bond acceptors (Lipinski definition) is 3. The monoisotopic (exact) mass is 284 g/mol. The molecule has 2 heterocycles. The Morgan fingerprint density at radius 3 is 2.45 bits per heavy atom. The lowest BCUT2D eigenvalue weighted by Crippen LogP contribution is -2.51. The molecule has 2 amide bonds. The SMILES string of the molecule is COCC1CCCN(C(=O)N2CCC[C@@H](C(=O)O)C2)C1. The molecule has 114 valence electrons. The lowest BCUT2D eigenvalue weighted by atomic mass is 9.97. The van der Waals surface area contributed by atoms with Crippen molar-refractivity contribution >= 4 is 12.0 Å². The number of amides is 2. The quantitative estimate of drug-likeness (QED) is 0.847. The average molecular weight is 284 g/mol. The molecule has 2 saturated heterocycles. The molecule has 2 rings (SSSR count). The Labute approximate surface area is 119 Å². The summed E-state index contributed by atoms with van der Waals surface area (Å²) in [5.74, 6) is -0.802. The van der Waals surface area contributed by atoms with Gasteiger partial charge in [-0.15, -0.1) is 0 Å². The van der Waals surface area contributed by atoms with Crippen LogP contribution >= 0.6 is 0 Å². The molecular formula is C14H24N2O4. The number of urea groups is 1. The third-order valence-corrected chi connectivity index (χ3v) is 4.23. The fourth-order valence-electron chi connectivity index (χ4n) is 3.16. The van der Waals surface area contributed by atoms with Crippen molar-refractivity contribution in [2.75, 3.05) is 39.9 Å². The second-order valence-electron chi connectivity index (χ2n) is 5.82. The molecule has 2 aliphatic heterocycles. The van der Waals surface area contributed by atoms with E-state index in [0.29, 0.717) is 32.0 Å². The highest BCUT2D eigenvalue weighted by atomic mass is 16.5. The van der Waals surface area contributed by atoms with Gasteiger partial charge in [0.2, 0.25) is 0 Å². The van der Waals surface area contributed by atoms with Crippen molar-refractivity contribution < 1.29 is 19.4 Å². The summed E-state index contributed by atoms with van der Waals surface area (Å²) >= 11 is 0. The molecule has 2 atom stereocenters. The molecule has 0 saturated carbocycles. The zero-order valence-electron chi connectivity index (χ0n) is 12.1. The van der Waals surface area contributed by atoms with Crippen LogP contribution in [-0.2, 0) is 9.53 Å². The smallest absolute Gasteiger partial charge is 0.320 e. The topological polar surface area (TPSA) is 70.1 Å². The Hall–Kier alpha value is -1.30. The molecule has 2 aliphatic rings. The number of likely N-dealkylation sites (tertiary alicyclic amines) is 2. The van der Waals surface area contributed by atoms with Crippen molar-refractivity contribution in [3.05, 3.63) is 0 Å². The van der Waals surface area contributed by atoms with Crippen molar-refractivity contribution in [3.63, 3.8) is 0 Å². The van der Waals surface area contributed by atoms with Gasteiger partial charge in [-0.25, -0.2) is 4.79 Å². The first kappa shape index (κ1) is 15.1. The number of aliphatic carboxylic acids is 1. The van der Waals surface area contributed by atoms with Gasteiger partial charge < -0.3 is 19.6 Å². The van der Waals surface area contributed by atoms with E-state index in [1.54, 1.807) is 12.0 Å². The zero-order chi connectivity index (χ0) is 14.5. The molecule has 0 radical (unpaired) electrons. The summed E-state index contributed by atoms with van der Waals surface area (Å²) in [6.45, 7) is 3.20. The van der Waals surface area contributed by atoms with Gasteiger partial charge in [0.05, 0.1) is 12.5 Å². The van der Waals surface area contributed by atoms with E-state index in [-0.39, 0.29) is 6.03 Å². The van der Waals surface area contributed by atoms with Crippen LogP contribution in [0, 0.1) is 11.8 Å². The zero-order valence-corrected chi connectivity index (χ0v) is 12.1. The third-order valence-electron chi connectivity index (χ3n) is 4.23. The molecule has 0 aromatic heterocycles. The normalized spacial score (nSPS) is 27.4. The maximum atomic E-state index is 12.5. The second-order valence-corrected chi connectivity index (χ2v) is 5.82. The highest BCUT2D eigenvalue weighted by molar-refractivity contribution is 5.76. The number of carbonyl (C=O) groups is 2. The molecule has 1 N–H and O–H groups in total. The fourth-order valence-corrected chi connectivity index (χ4v) is 3.16. The summed E-state index contributed by atoms with van der Waals surface area (Å²) in [7, 11) is 1.68. The van der Waals surface area contributed by atoms with Crippen molar-refractivity contribution in [2.24, 2.45) is 11.8 Å². The number of piperidine rings is 2. The first-order valence-corrected chi connectivity index (χ1v) is 7.37. The van der Waals surface area contributed by atoms with Gasteiger partial charge in [-0.2, -0.15) is 0 Å². The second kappa shape index (κ2) is 6.92. The van der Waals surface area contributed by atoms with Crippen LogP contribution in [0.25, 0.3) is 0 Å². The van der Waals surface area contributed by atoms with E-state index in [4.69, 9.17) is 9.84 Å². The van der Waals surface area contributed by atoms with Crippen LogP contribution in [0.2, 0.25) is 0 Å². The lowest BCUT2D eigenvalue weighted by molar-refractivity contribution is -0.143. The first-order chi connectivity index (χ1) is 9.61. The van der Waals surface area contributed by atoms with Crippen molar-refractivity contribution in [1.82, 2.24) is 9.80 Å². The van der Waals surface area contributed by atoms with Crippen molar-refractivity contribution in [2.45, 2.75) is 25.7 Å². The Kier molecular flexibility index (Phi) is 5.23. The molecule has 20 heavy (non-hydrogen) atoms. The van der Waals surface area contributed by atoms with Gasteiger partial charge in [0.1, 0.15) is 0 Å². The number of ether oxygens (including phenoxy) is 1. The number of nitrogens with zero attached hydrogens (tertiary/aromatic N) is 2. The lowest BCUT2D eigenvalue weighted by Gasteiger charge is -2.38. The van der Waals surface area contributed by atoms with Crippen LogP contribution in [0.15, 0.2) is 0 Å². The molecule has 1 unspecified atom stereocenters. The van der Waals surface area contributed by atoms with Gasteiger partial charge in [0.25, 0.3) is 0 Å². The van der Waals surface area contributed by atoms with E-state index in [1.807, 2.05) is 4.90 Å². The van der Waals surface area contributed by atoms with Crippen LogP contribution in [0.4, 0.5) is 4.79 Å². The van der Waals surface area contributed by atoms with Gasteiger partial charge in [-0.3, -0.25) is 4.79 Å². The van der Waals surface area contributed by atoms with E-state index in [2.05, 4.69) is 0 Å². The van der Waals surface area contributed by atoms with Gasteiger partial charge in [-0.1, -0.05) is 0 Å². The molecule has 0 aliphatic carbocycles. The van der Waals surface area contributed by atoms with Crippen LogP contribution in [-0.4, -0.2) is 66.8 Å². The standard InChI is InChI=1S/C14H24N2O4/c1-20-10-11-4-2-6-15(8-11)14(19)16-7-3-5-12(9-16)13(17)18/h11-12H,2-10H2,1H3,(H,17,18)/t11?,12-/m1/s1. The molecule has 0 aromatic rings. The molecule has 2 fully saturated rings. The molecular weight excluding hydrogens is 260 g/mol. The summed E-state index contributed by atoms with van der Waals surface area (Å²) in [4.78, 5) is 27.1. The highest BCUT2D eigenvalue weighted by Gasteiger charge is 2.32. The Bertz CT molecular complexity index is 359. The molecule has 0 bridgehead atoms. The maximum Gasteiger partial charge on any atom is 0.320 e. The number of carboxylic acid groups (broad SMARTS) is 1. The summed E-state index contributed by atoms with van der Waals surface area (Å²) in [5.41, 5.74) is 0. The van der Waals surface area contributed by atoms with Crippen molar-refractivity contribution in [3.8, 4) is 0 Å². The largest absolute Gasteiger partial charge is 0.481 e. The number of carboxylic acids is 1. The summed E-state index contributed by atoms with van der Waals surface area (Å²) in [5, 5.41) is 9.09. The average Bonchev–Trinajstić information content (AvgIpc) is 2.47. The minimum absolute atomic E-state index is 0.00301. The van der Waals surface area contributed by atoms with Crippen LogP contribution in [0.1, 0.15) is 25.7 Å². The summed E-state index contributed by atoms with van der Waals surface area (Å²) in [6, 6.07) is -0.00301. The number of hydrogen-bond donors (Lipinski definition) is 1. The molecule has 6 heteroatoms. The van der Waals surface area contributed by atoms with E-state index >= 15 is 0 Å². The summed E-state index contributed by atoms with van der Waals surface area (Å²) in [6.07, 6.45) is 3.54. The van der Waals surface area contributed by atoms with Gasteiger partial charge in [-0.05, 0) is 25.7 Å². The predicted octanol–water partition coefficient (Wildman–Crippen LogP) is 1.26. The van der Waals surface area contributed by atoms with Gasteiger partial charge in [0, 0.05) is 39.2 Å². The molecule has 6 nitrogen and oxygen atoms in total. The highest BCUT2D eigenvalue weighted by Crippen LogP contribution is 2.21. The van der Waals surface area contributed by atoms with Crippen LogP contribution in [0.3, 0.4) is 0 Å². The first-order valence-electron chi connectivity index (χ1n) is 7.37. The Morgan fingerprint density at radius 1 is 1.15 bits per heavy atom. The van der Waals surface area contributed by atoms with Crippen LogP contribution < -0.4 is 0 Å². The minimum Gasteiger partial charge on any atom is -0.481 e. The van der Waals surface area contributed by atoms with Gasteiger partial charge in [0.15, 0.2) is 0 Å². The maximum absolute atomic E-state index is 12.5. The Balaban J connectivity index is 1.91. The van der Waals surface area contributed by atoms with Gasteiger partial charge >= 0.3 is 12.0 Å². The van der Waals surface area contributed by atoms with E-state index in [0.717, 1.165) is 32.4 Å². The van der Waals surface area contributed by atoms with Crippen LogP contribution in [0.5, 0.6) is 0 Å².